The molecule has 2 aromatic carbocycles. The Kier molecular flexibility index (Phi) is 4.53. The van der Waals surface area contributed by atoms with Crippen LogP contribution in [-0.4, -0.2) is 18.0 Å². The quantitative estimate of drug-likeness (QED) is 0.695. The fourth-order valence-corrected chi connectivity index (χ4v) is 2.67. The number of rotatable bonds is 5. The predicted molar refractivity (Wildman–Crippen MR) is 95.6 cm³/mol. The highest BCUT2D eigenvalue weighted by Crippen LogP contribution is 2.25. The first kappa shape index (κ1) is 16.1. The number of fused-ring (bicyclic) bond motifs is 1. The molecule has 1 amide bonds. The lowest BCUT2D eigenvalue weighted by Gasteiger charge is -2.12. The van der Waals surface area contributed by atoms with Crippen LogP contribution in [0.3, 0.4) is 0 Å². The minimum absolute atomic E-state index is 0.403. The van der Waals surface area contributed by atoms with Gasteiger partial charge in [0.05, 0.1) is 18.2 Å². The minimum atomic E-state index is -0.479. The van der Waals surface area contributed by atoms with Crippen LogP contribution in [0.2, 0.25) is 5.15 Å². The maximum atomic E-state index is 11.5. The molecule has 0 saturated heterocycles. The summed E-state index contributed by atoms with van der Waals surface area (Å²) in [4.78, 5) is 15.9. The molecule has 6 heteroatoms. The molecule has 0 fully saturated rings. The van der Waals surface area contributed by atoms with Gasteiger partial charge < -0.3 is 15.8 Å². The molecule has 0 unspecified atom stereocenters. The molecule has 0 aliphatic carbocycles. The Morgan fingerprint density at radius 3 is 2.79 bits per heavy atom. The summed E-state index contributed by atoms with van der Waals surface area (Å²) in [5.41, 5.74) is 8.08. The number of nitrogens with two attached hydrogens (primary N) is 1. The maximum absolute atomic E-state index is 11.5. The lowest BCUT2D eigenvalue weighted by atomic mass is 10.1. The second kappa shape index (κ2) is 6.76. The van der Waals surface area contributed by atoms with Crippen molar-refractivity contribution in [2.75, 3.05) is 12.4 Å². The van der Waals surface area contributed by atoms with Crippen LogP contribution in [0.25, 0.3) is 10.9 Å². The number of halogens is 1. The summed E-state index contributed by atoms with van der Waals surface area (Å²) in [6.07, 6.45) is 0. The van der Waals surface area contributed by atoms with Crippen LogP contribution in [0.5, 0.6) is 5.75 Å². The number of carbonyl (C=O) groups is 1. The summed E-state index contributed by atoms with van der Waals surface area (Å²) in [5, 5.41) is 4.55. The molecule has 1 heterocycles. The zero-order valence-corrected chi connectivity index (χ0v) is 13.8. The van der Waals surface area contributed by atoms with Gasteiger partial charge in [0.1, 0.15) is 10.9 Å². The van der Waals surface area contributed by atoms with E-state index in [0.29, 0.717) is 22.9 Å². The number of methoxy groups -OCH3 is 1. The van der Waals surface area contributed by atoms with E-state index in [1.807, 2.05) is 30.3 Å². The molecular formula is C18H16ClN3O2. The van der Waals surface area contributed by atoms with Gasteiger partial charge in [0, 0.05) is 29.2 Å². The number of nitrogens with one attached hydrogen (secondary N) is 1. The van der Waals surface area contributed by atoms with E-state index in [0.717, 1.165) is 22.2 Å². The third-order valence-corrected chi connectivity index (χ3v) is 4.04. The molecule has 0 atom stereocenters. The normalized spacial score (nSPS) is 10.6. The van der Waals surface area contributed by atoms with Crippen molar-refractivity contribution in [3.8, 4) is 5.75 Å². The summed E-state index contributed by atoms with van der Waals surface area (Å²) < 4.78 is 5.19. The van der Waals surface area contributed by atoms with E-state index in [4.69, 9.17) is 22.1 Å². The molecule has 3 N–H and O–H groups in total. The number of benzene rings is 2. The average molecular weight is 342 g/mol. The highest BCUT2D eigenvalue weighted by molar-refractivity contribution is 6.30. The van der Waals surface area contributed by atoms with Gasteiger partial charge in [0.2, 0.25) is 0 Å². The molecule has 0 bridgehead atoms. The maximum Gasteiger partial charge on any atom is 0.250 e. The molecule has 0 aliphatic rings. The molecule has 3 aromatic rings. The number of hydrogen-bond acceptors (Lipinski definition) is 4. The van der Waals surface area contributed by atoms with E-state index in [-0.39, 0.29) is 0 Å². The van der Waals surface area contributed by atoms with Crippen LogP contribution in [0.1, 0.15) is 15.9 Å². The first-order chi connectivity index (χ1) is 11.6. The van der Waals surface area contributed by atoms with Gasteiger partial charge in [-0.2, -0.15) is 0 Å². The van der Waals surface area contributed by atoms with Gasteiger partial charge in [0.25, 0.3) is 5.91 Å². The summed E-state index contributed by atoms with van der Waals surface area (Å²) >= 11 is 6.28. The molecule has 0 spiro atoms. The molecular weight excluding hydrogens is 326 g/mol. The third-order valence-electron chi connectivity index (χ3n) is 3.71. The number of hydrogen-bond donors (Lipinski definition) is 2. The fourth-order valence-electron chi connectivity index (χ4n) is 2.46. The lowest BCUT2D eigenvalue weighted by Crippen LogP contribution is -2.14. The number of ether oxygens (including phenoxy) is 1. The number of carbonyl (C=O) groups excluding carboxylic acids is 1. The summed E-state index contributed by atoms with van der Waals surface area (Å²) in [7, 11) is 1.61. The summed E-state index contributed by atoms with van der Waals surface area (Å²) in [6.45, 7) is 0.429. The van der Waals surface area contributed by atoms with Gasteiger partial charge in [-0.1, -0.05) is 23.7 Å². The van der Waals surface area contributed by atoms with Gasteiger partial charge in [0.15, 0.2) is 0 Å². The number of anilines is 1. The van der Waals surface area contributed by atoms with Gasteiger partial charge >= 0.3 is 0 Å². The van der Waals surface area contributed by atoms with E-state index in [1.165, 1.54) is 0 Å². The van der Waals surface area contributed by atoms with Crippen molar-refractivity contribution in [3.63, 3.8) is 0 Å². The fraction of sp³-hybridized carbons (Fsp3) is 0.111. The van der Waals surface area contributed by atoms with Crippen molar-refractivity contribution in [2.45, 2.75) is 6.54 Å². The average Bonchev–Trinajstić information content (AvgIpc) is 2.59. The number of para-hydroxylation sites is 1. The molecule has 3 rings (SSSR count). The van der Waals surface area contributed by atoms with Crippen LogP contribution in [0, 0.1) is 0 Å². The second-order valence-electron chi connectivity index (χ2n) is 5.26. The van der Waals surface area contributed by atoms with Crippen LogP contribution < -0.4 is 15.8 Å². The van der Waals surface area contributed by atoms with E-state index in [1.54, 1.807) is 25.3 Å². The first-order valence-electron chi connectivity index (χ1n) is 7.34. The second-order valence-corrected chi connectivity index (χ2v) is 5.62. The monoisotopic (exact) mass is 341 g/mol. The molecule has 0 radical (unpaired) electrons. The number of nitrogens with zero attached hydrogens (tertiary/aromatic N) is 1. The molecule has 0 saturated carbocycles. The third kappa shape index (κ3) is 3.26. The highest BCUT2D eigenvalue weighted by atomic mass is 35.5. The van der Waals surface area contributed by atoms with E-state index < -0.39 is 5.91 Å². The minimum Gasteiger partial charge on any atom is -0.497 e. The standard InChI is InChI=1S/C18H16ClN3O2/c1-24-13-7-6-11-8-12(17(19)22-16(11)9-13)10-21-15-5-3-2-4-14(15)18(20)23/h2-9,21H,10H2,1H3,(H2,20,23). The van der Waals surface area contributed by atoms with Crippen molar-refractivity contribution in [1.29, 1.82) is 0 Å². The Morgan fingerprint density at radius 1 is 1.25 bits per heavy atom. The molecule has 0 aliphatic heterocycles. The zero-order chi connectivity index (χ0) is 17.1. The van der Waals surface area contributed by atoms with Gasteiger partial charge in [-0.25, -0.2) is 4.98 Å². The number of pyridine rings is 1. The smallest absolute Gasteiger partial charge is 0.250 e. The zero-order valence-electron chi connectivity index (χ0n) is 13.0. The van der Waals surface area contributed by atoms with Crippen molar-refractivity contribution in [2.24, 2.45) is 5.73 Å². The summed E-state index contributed by atoms with van der Waals surface area (Å²) in [6, 6.07) is 14.7. The van der Waals surface area contributed by atoms with Gasteiger partial charge in [-0.15, -0.1) is 0 Å². The molecule has 1 aromatic heterocycles. The predicted octanol–water partition coefficient (Wildman–Crippen LogP) is 3.61. The molecule has 24 heavy (non-hydrogen) atoms. The van der Waals surface area contributed by atoms with Crippen LogP contribution in [-0.2, 0) is 6.54 Å². The van der Waals surface area contributed by atoms with Crippen LogP contribution >= 0.6 is 11.6 Å². The molecule has 122 valence electrons. The van der Waals surface area contributed by atoms with Crippen LogP contribution in [0.4, 0.5) is 5.69 Å². The van der Waals surface area contributed by atoms with Crippen molar-refractivity contribution < 1.29 is 9.53 Å². The largest absolute Gasteiger partial charge is 0.497 e. The van der Waals surface area contributed by atoms with Gasteiger partial charge in [-0.3, -0.25) is 4.79 Å². The number of amides is 1. The van der Waals surface area contributed by atoms with E-state index in [9.17, 15) is 4.79 Å². The Balaban J connectivity index is 1.88. The SMILES string of the molecule is COc1ccc2cc(CNc3ccccc3C(N)=O)c(Cl)nc2c1. The Morgan fingerprint density at radius 2 is 2.04 bits per heavy atom. The summed E-state index contributed by atoms with van der Waals surface area (Å²) in [5.74, 6) is 0.250. The number of primary amides is 1. The molecule has 5 nitrogen and oxygen atoms in total. The van der Waals surface area contributed by atoms with Gasteiger partial charge in [-0.05, 0) is 30.3 Å². The number of aromatic nitrogens is 1. The Hall–Kier alpha value is -2.79. The van der Waals surface area contributed by atoms with Crippen LogP contribution in [0.15, 0.2) is 48.5 Å². The van der Waals surface area contributed by atoms with Crippen molar-refractivity contribution >= 4 is 34.1 Å². The Labute approximate surface area is 144 Å². The van der Waals surface area contributed by atoms with E-state index in [2.05, 4.69) is 10.3 Å². The van der Waals surface area contributed by atoms with Crippen molar-refractivity contribution in [1.82, 2.24) is 4.98 Å². The highest BCUT2D eigenvalue weighted by Gasteiger charge is 2.09. The van der Waals surface area contributed by atoms with E-state index >= 15 is 0 Å². The Bertz CT molecular complexity index is 912. The lowest BCUT2D eigenvalue weighted by molar-refractivity contribution is 0.100. The van der Waals surface area contributed by atoms with Crippen molar-refractivity contribution in [3.05, 3.63) is 64.8 Å². The topological polar surface area (TPSA) is 77.2 Å². The first-order valence-corrected chi connectivity index (χ1v) is 7.72.